The summed E-state index contributed by atoms with van der Waals surface area (Å²) in [4.78, 5) is 50.2. The Morgan fingerprint density at radius 3 is 2.51 bits per heavy atom. The van der Waals surface area contributed by atoms with E-state index in [2.05, 4.69) is 10.1 Å². The molecule has 2 aromatic rings. The molecule has 3 amide bonds. The Morgan fingerprint density at radius 1 is 1.06 bits per heavy atom. The van der Waals surface area contributed by atoms with Gasteiger partial charge in [-0.1, -0.05) is 23.8 Å². The van der Waals surface area contributed by atoms with E-state index >= 15 is 0 Å². The molecule has 1 aliphatic heterocycles. The van der Waals surface area contributed by atoms with Crippen LogP contribution in [0.3, 0.4) is 0 Å². The standard InChI is InChI=1S/C25H26N2O7S/c1-5-33-20-11-17(7-9-19(20)34-14-23(29)32-4)12-21-24(30)27(25(31)35-21)13-22(28)26-18-8-6-15(2)10-16(18)3/h6-12H,5,13-14H2,1-4H3,(H,26,28)/b21-12+. The number of benzene rings is 2. The molecule has 1 N–H and O–H groups in total. The minimum atomic E-state index is -0.556. The largest absolute Gasteiger partial charge is 0.490 e. The molecule has 1 heterocycles. The van der Waals surface area contributed by atoms with Gasteiger partial charge in [0.25, 0.3) is 11.1 Å². The number of aryl methyl sites for hydroxylation is 2. The maximum Gasteiger partial charge on any atom is 0.343 e. The first-order chi connectivity index (χ1) is 16.7. The van der Waals surface area contributed by atoms with Gasteiger partial charge in [0, 0.05) is 5.69 Å². The monoisotopic (exact) mass is 498 g/mol. The minimum absolute atomic E-state index is 0.181. The molecule has 9 nitrogen and oxygen atoms in total. The molecule has 0 spiro atoms. The van der Waals surface area contributed by atoms with Crippen molar-refractivity contribution in [3.05, 3.63) is 58.0 Å². The summed E-state index contributed by atoms with van der Waals surface area (Å²) in [6.07, 6.45) is 1.54. The maximum atomic E-state index is 12.8. The van der Waals surface area contributed by atoms with Gasteiger partial charge >= 0.3 is 5.97 Å². The third-order valence-electron chi connectivity index (χ3n) is 4.97. The number of methoxy groups -OCH3 is 1. The van der Waals surface area contributed by atoms with Crippen LogP contribution in [0.15, 0.2) is 41.3 Å². The number of rotatable bonds is 9. The van der Waals surface area contributed by atoms with Crippen molar-refractivity contribution in [1.29, 1.82) is 0 Å². The first-order valence-corrected chi connectivity index (χ1v) is 11.6. The molecule has 2 aromatic carbocycles. The van der Waals surface area contributed by atoms with Gasteiger partial charge in [-0.05, 0) is 67.9 Å². The lowest BCUT2D eigenvalue weighted by Gasteiger charge is -2.14. The van der Waals surface area contributed by atoms with E-state index in [9.17, 15) is 19.2 Å². The summed E-state index contributed by atoms with van der Waals surface area (Å²) in [5.74, 6) is -0.847. The number of carbonyl (C=O) groups excluding carboxylic acids is 4. The van der Waals surface area contributed by atoms with Gasteiger partial charge in [-0.3, -0.25) is 19.3 Å². The van der Waals surface area contributed by atoms with Crippen molar-refractivity contribution >= 4 is 46.5 Å². The summed E-state index contributed by atoms with van der Waals surface area (Å²) >= 11 is 0.756. The molecule has 1 fully saturated rings. The Morgan fingerprint density at radius 2 is 1.83 bits per heavy atom. The van der Waals surface area contributed by atoms with Crippen molar-refractivity contribution in [2.75, 3.05) is 32.2 Å². The minimum Gasteiger partial charge on any atom is -0.490 e. The molecule has 0 bridgehead atoms. The summed E-state index contributed by atoms with van der Waals surface area (Å²) in [5.41, 5.74) is 3.16. The van der Waals surface area contributed by atoms with Gasteiger partial charge in [0.15, 0.2) is 18.1 Å². The van der Waals surface area contributed by atoms with Crippen LogP contribution < -0.4 is 14.8 Å². The van der Waals surface area contributed by atoms with Gasteiger partial charge < -0.3 is 19.5 Å². The number of thioether (sulfide) groups is 1. The molecule has 1 saturated heterocycles. The van der Waals surface area contributed by atoms with Crippen LogP contribution in [0.25, 0.3) is 6.08 Å². The van der Waals surface area contributed by atoms with E-state index in [4.69, 9.17) is 9.47 Å². The molecular formula is C25H26N2O7S. The van der Waals surface area contributed by atoms with Crippen LogP contribution in [-0.4, -0.2) is 54.8 Å². The van der Waals surface area contributed by atoms with Crippen LogP contribution in [0.2, 0.25) is 0 Å². The van der Waals surface area contributed by atoms with Crippen molar-refractivity contribution in [3.63, 3.8) is 0 Å². The number of hydrogen-bond donors (Lipinski definition) is 1. The van der Waals surface area contributed by atoms with Crippen LogP contribution >= 0.6 is 11.8 Å². The zero-order valence-electron chi connectivity index (χ0n) is 19.9. The topological polar surface area (TPSA) is 111 Å². The van der Waals surface area contributed by atoms with Crippen molar-refractivity contribution in [1.82, 2.24) is 4.90 Å². The van der Waals surface area contributed by atoms with Crippen LogP contribution in [0.1, 0.15) is 23.6 Å². The van der Waals surface area contributed by atoms with Gasteiger partial charge in [0.05, 0.1) is 18.6 Å². The fraction of sp³-hybridized carbons (Fsp3) is 0.280. The molecule has 0 unspecified atom stereocenters. The SMILES string of the molecule is CCOc1cc(/C=C2/SC(=O)N(CC(=O)Nc3ccc(C)cc3C)C2=O)ccc1OCC(=O)OC. The molecule has 0 aliphatic carbocycles. The summed E-state index contributed by atoms with van der Waals surface area (Å²) in [6, 6.07) is 10.5. The highest BCUT2D eigenvalue weighted by atomic mass is 32.2. The molecule has 184 valence electrons. The molecule has 35 heavy (non-hydrogen) atoms. The highest BCUT2D eigenvalue weighted by Crippen LogP contribution is 2.34. The van der Waals surface area contributed by atoms with E-state index in [1.165, 1.54) is 7.11 Å². The lowest BCUT2D eigenvalue weighted by molar-refractivity contribution is -0.143. The Labute approximate surface area is 207 Å². The number of amides is 3. The highest BCUT2D eigenvalue weighted by Gasteiger charge is 2.36. The Balaban J connectivity index is 1.72. The maximum absolute atomic E-state index is 12.8. The lowest BCUT2D eigenvalue weighted by Crippen LogP contribution is -2.36. The van der Waals surface area contributed by atoms with Crippen molar-refractivity contribution in [2.45, 2.75) is 20.8 Å². The number of hydrogen-bond acceptors (Lipinski definition) is 8. The zero-order chi connectivity index (χ0) is 25.5. The second-order valence-corrected chi connectivity index (χ2v) is 8.63. The van der Waals surface area contributed by atoms with Gasteiger partial charge in [0.2, 0.25) is 5.91 Å². The van der Waals surface area contributed by atoms with Gasteiger partial charge in [-0.15, -0.1) is 0 Å². The van der Waals surface area contributed by atoms with Gasteiger partial charge in [-0.25, -0.2) is 4.79 Å². The number of imide groups is 1. The number of esters is 1. The Hall–Kier alpha value is -3.79. The highest BCUT2D eigenvalue weighted by molar-refractivity contribution is 8.18. The second kappa shape index (κ2) is 11.6. The quantitative estimate of drug-likeness (QED) is 0.409. The molecular weight excluding hydrogens is 472 g/mol. The first-order valence-electron chi connectivity index (χ1n) is 10.8. The van der Waals surface area contributed by atoms with Crippen molar-refractivity contribution in [3.8, 4) is 11.5 Å². The summed E-state index contributed by atoms with van der Waals surface area (Å²) < 4.78 is 15.6. The van der Waals surface area contributed by atoms with Crippen molar-refractivity contribution < 1.29 is 33.4 Å². The molecule has 0 atom stereocenters. The van der Waals surface area contributed by atoms with Crippen LogP contribution in [0.5, 0.6) is 11.5 Å². The van der Waals surface area contributed by atoms with E-state index in [-0.39, 0.29) is 18.1 Å². The van der Waals surface area contributed by atoms with Crippen LogP contribution in [0, 0.1) is 13.8 Å². The van der Waals surface area contributed by atoms with E-state index in [0.717, 1.165) is 27.8 Å². The number of nitrogens with one attached hydrogen (secondary N) is 1. The smallest absolute Gasteiger partial charge is 0.343 e. The van der Waals surface area contributed by atoms with E-state index < -0.39 is 23.0 Å². The summed E-state index contributed by atoms with van der Waals surface area (Å²) in [5, 5.41) is 2.22. The third-order valence-corrected chi connectivity index (χ3v) is 5.88. The molecule has 3 rings (SSSR count). The number of ether oxygens (including phenoxy) is 3. The normalized spacial score (nSPS) is 14.3. The fourth-order valence-electron chi connectivity index (χ4n) is 3.27. The average Bonchev–Trinajstić information content (AvgIpc) is 3.07. The van der Waals surface area contributed by atoms with Crippen LogP contribution in [-0.2, 0) is 19.1 Å². The average molecular weight is 499 g/mol. The molecule has 1 aliphatic rings. The van der Waals surface area contributed by atoms with E-state index in [1.54, 1.807) is 37.3 Å². The summed E-state index contributed by atoms with van der Waals surface area (Å²) in [6.45, 7) is 5.30. The Kier molecular flexibility index (Phi) is 8.53. The number of carbonyl (C=O) groups is 4. The van der Waals surface area contributed by atoms with E-state index in [1.807, 2.05) is 26.0 Å². The number of anilines is 1. The molecule has 0 saturated carbocycles. The summed E-state index contributed by atoms with van der Waals surface area (Å²) in [7, 11) is 1.26. The fourth-order valence-corrected chi connectivity index (χ4v) is 4.11. The Bertz CT molecular complexity index is 1190. The predicted octanol–water partition coefficient (Wildman–Crippen LogP) is 3.93. The van der Waals surface area contributed by atoms with Gasteiger partial charge in [-0.2, -0.15) is 0 Å². The third kappa shape index (κ3) is 6.63. The molecule has 10 heteroatoms. The van der Waals surface area contributed by atoms with Crippen molar-refractivity contribution in [2.24, 2.45) is 0 Å². The van der Waals surface area contributed by atoms with Crippen LogP contribution in [0.4, 0.5) is 10.5 Å². The first kappa shape index (κ1) is 25.8. The van der Waals surface area contributed by atoms with Gasteiger partial charge in [0.1, 0.15) is 6.54 Å². The lowest BCUT2D eigenvalue weighted by atomic mass is 10.1. The van der Waals surface area contributed by atoms with E-state index in [0.29, 0.717) is 29.4 Å². The predicted molar refractivity (Wildman–Crippen MR) is 132 cm³/mol. The zero-order valence-corrected chi connectivity index (χ0v) is 20.7. The molecule has 0 radical (unpaired) electrons. The second-order valence-electron chi connectivity index (χ2n) is 7.64. The number of nitrogens with zero attached hydrogens (tertiary/aromatic N) is 1. The molecule has 0 aromatic heterocycles.